The fourth-order valence-electron chi connectivity index (χ4n) is 5.57. The second-order valence-corrected chi connectivity index (χ2v) is 8.23. The molecule has 4 bridgehead atoms. The van der Waals surface area contributed by atoms with Crippen LogP contribution in [0.2, 0.25) is 0 Å². The van der Waals surface area contributed by atoms with Crippen molar-refractivity contribution in [2.24, 2.45) is 17.8 Å². The maximum atomic E-state index is 12.4. The van der Waals surface area contributed by atoms with Crippen LogP contribution in [0.25, 0.3) is 0 Å². The Labute approximate surface area is 141 Å². The summed E-state index contributed by atoms with van der Waals surface area (Å²) in [6.07, 6.45) is 8.78. The van der Waals surface area contributed by atoms with E-state index in [0.717, 1.165) is 42.8 Å². The molecule has 5 rings (SSSR count). The van der Waals surface area contributed by atoms with Crippen LogP contribution < -0.4 is 10.9 Å². The predicted molar refractivity (Wildman–Crippen MR) is 88.7 cm³/mol. The number of hydrogen-bond acceptors (Lipinski definition) is 4. The average molecular weight is 331 g/mol. The second kappa shape index (κ2) is 5.69. The van der Waals surface area contributed by atoms with Crippen molar-refractivity contribution in [3.05, 3.63) is 27.9 Å². The Kier molecular flexibility index (Phi) is 3.75. The Morgan fingerprint density at radius 2 is 1.92 bits per heavy atom. The molecule has 4 aliphatic carbocycles. The number of aromatic amines is 1. The highest BCUT2D eigenvalue weighted by molar-refractivity contribution is 5.93. The maximum absolute atomic E-state index is 12.4. The Morgan fingerprint density at radius 3 is 2.42 bits per heavy atom. The van der Waals surface area contributed by atoms with Crippen LogP contribution in [0.1, 0.15) is 61.6 Å². The van der Waals surface area contributed by atoms with Crippen molar-refractivity contribution in [3.8, 4) is 0 Å². The summed E-state index contributed by atoms with van der Waals surface area (Å²) in [5, 5.41) is 11.6. The fourth-order valence-corrected chi connectivity index (χ4v) is 5.57. The van der Waals surface area contributed by atoms with Crippen LogP contribution in [0.4, 0.5) is 0 Å². The summed E-state index contributed by atoms with van der Waals surface area (Å²) in [6, 6.07) is -0.389. The first-order valence-electron chi connectivity index (χ1n) is 9.00. The average Bonchev–Trinajstić information content (AvgIpc) is 2.53. The molecule has 6 heteroatoms. The molecule has 0 aromatic carbocycles. The summed E-state index contributed by atoms with van der Waals surface area (Å²) in [5.41, 5.74) is -0.344. The lowest BCUT2D eigenvalue weighted by Gasteiger charge is -2.56. The fraction of sp³-hybridized carbons (Fsp3) is 0.722. The number of aliphatic hydroxyl groups is 1. The summed E-state index contributed by atoms with van der Waals surface area (Å²) >= 11 is 0. The number of nitrogens with zero attached hydrogens (tertiary/aromatic N) is 1. The molecule has 4 saturated carbocycles. The smallest absolute Gasteiger partial charge is 0.263 e. The highest BCUT2D eigenvalue weighted by Crippen LogP contribution is 2.59. The molecule has 0 saturated heterocycles. The van der Waals surface area contributed by atoms with Gasteiger partial charge in [-0.05, 0) is 63.2 Å². The van der Waals surface area contributed by atoms with Gasteiger partial charge >= 0.3 is 0 Å². The van der Waals surface area contributed by atoms with Gasteiger partial charge in [-0.3, -0.25) is 9.59 Å². The van der Waals surface area contributed by atoms with Crippen molar-refractivity contribution in [2.75, 3.05) is 6.61 Å². The molecule has 1 aromatic rings. The summed E-state index contributed by atoms with van der Waals surface area (Å²) < 4.78 is 0. The second-order valence-electron chi connectivity index (χ2n) is 8.23. The van der Waals surface area contributed by atoms with Crippen molar-refractivity contribution in [2.45, 2.75) is 56.9 Å². The number of hydrogen-bond donors (Lipinski definition) is 3. The molecule has 1 amide bonds. The summed E-state index contributed by atoms with van der Waals surface area (Å²) in [6.45, 7) is 1.52. The number of nitrogens with one attached hydrogen (secondary N) is 2. The quantitative estimate of drug-likeness (QED) is 0.776. The van der Waals surface area contributed by atoms with Gasteiger partial charge in [0.2, 0.25) is 0 Å². The number of carbonyl (C=O) groups is 1. The van der Waals surface area contributed by atoms with E-state index >= 15 is 0 Å². The van der Waals surface area contributed by atoms with Gasteiger partial charge in [-0.1, -0.05) is 0 Å². The van der Waals surface area contributed by atoms with Crippen LogP contribution in [0.5, 0.6) is 0 Å². The van der Waals surface area contributed by atoms with E-state index in [4.69, 9.17) is 5.11 Å². The van der Waals surface area contributed by atoms with Gasteiger partial charge in [-0.15, -0.1) is 0 Å². The minimum atomic E-state index is -0.484. The van der Waals surface area contributed by atoms with Gasteiger partial charge in [0.15, 0.2) is 0 Å². The monoisotopic (exact) mass is 331 g/mol. The maximum Gasteiger partial charge on any atom is 0.263 e. The minimum absolute atomic E-state index is 0.0152. The first-order valence-corrected chi connectivity index (χ1v) is 9.00. The number of aromatic nitrogens is 2. The topological polar surface area (TPSA) is 95.1 Å². The van der Waals surface area contributed by atoms with Crippen LogP contribution >= 0.6 is 0 Å². The van der Waals surface area contributed by atoms with Crippen molar-refractivity contribution in [3.63, 3.8) is 0 Å². The lowest BCUT2D eigenvalue weighted by atomic mass is 9.49. The molecule has 6 nitrogen and oxygen atoms in total. The molecule has 0 radical (unpaired) electrons. The van der Waals surface area contributed by atoms with Gasteiger partial charge in [0, 0.05) is 17.7 Å². The van der Waals surface area contributed by atoms with Gasteiger partial charge in [0.25, 0.3) is 11.5 Å². The van der Waals surface area contributed by atoms with E-state index in [1.807, 2.05) is 0 Å². The van der Waals surface area contributed by atoms with E-state index in [1.165, 1.54) is 25.5 Å². The minimum Gasteiger partial charge on any atom is -0.394 e. The van der Waals surface area contributed by atoms with Crippen LogP contribution in [0, 0.1) is 17.8 Å². The number of H-pyrrole nitrogens is 1. The highest BCUT2D eigenvalue weighted by atomic mass is 16.3. The standard InChI is InChI=1S/C18H25N3O3/c1-10(9-22)20-15(23)14-8-19-17(21-16(14)24)18-5-11-2-12(6-18)4-13(3-11)7-18/h8,10-13,22H,2-7,9H2,1H3,(H,20,23)(H,19,21,24)/t10-,11?,12?,13?,18?/m0/s1. The molecular weight excluding hydrogens is 306 g/mol. The Morgan fingerprint density at radius 1 is 1.33 bits per heavy atom. The molecule has 24 heavy (non-hydrogen) atoms. The van der Waals surface area contributed by atoms with Crippen LogP contribution in [0.15, 0.2) is 11.0 Å². The SMILES string of the molecule is C[C@@H](CO)NC(=O)c1cnc(C23CC4CC(CC(C4)C2)C3)[nH]c1=O. The van der Waals surface area contributed by atoms with Gasteiger partial charge in [-0.2, -0.15) is 0 Å². The third-order valence-electron chi connectivity index (χ3n) is 6.24. The molecule has 4 aliphatic rings. The Bertz CT molecular complexity index is 676. The van der Waals surface area contributed by atoms with E-state index in [-0.39, 0.29) is 29.2 Å². The lowest BCUT2D eigenvalue weighted by molar-refractivity contribution is -0.00954. The largest absolute Gasteiger partial charge is 0.394 e. The zero-order valence-electron chi connectivity index (χ0n) is 14.0. The van der Waals surface area contributed by atoms with Gasteiger partial charge in [0.05, 0.1) is 6.61 Å². The van der Waals surface area contributed by atoms with Crippen LogP contribution in [-0.4, -0.2) is 33.6 Å². The molecule has 0 aliphatic heterocycles. The van der Waals surface area contributed by atoms with E-state index in [9.17, 15) is 9.59 Å². The van der Waals surface area contributed by atoms with E-state index in [2.05, 4.69) is 15.3 Å². The molecule has 130 valence electrons. The predicted octanol–water partition coefficient (Wildman–Crippen LogP) is 1.35. The normalized spacial score (nSPS) is 35.0. The van der Waals surface area contributed by atoms with Crippen molar-refractivity contribution in [1.82, 2.24) is 15.3 Å². The van der Waals surface area contributed by atoms with Crippen LogP contribution in [-0.2, 0) is 5.41 Å². The third kappa shape index (κ3) is 2.57. The van der Waals surface area contributed by atoms with Crippen molar-refractivity contribution in [1.29, 1.82) is 0 Å². The summed E-state index contributed by atoms with van der Waals surface area (Å²) in [7, 11) is 0. The molecule has 1 atom stereocenters. The summed E-state index contributed by atoms with van der Waals surface area (Å²) in [4.78, 5) is 32.0. The highest BCUT2D eigenvalue weighted by Gasteiger charge is 2.52. The van der Waals surface area contributed by atoms with Gasteiger partial charge in [0.1, 0.15) is 11.4 Å². The summed E-state index contributed by atoms with van der Waals surface area (Å²) in [5.74, 6) is 2.61. The number of aliphatic hydroxyl groups excluding tert-OH is 1. The van der Waals surface area contributed by atoms with Crippen molar-refractivity contribution >= 4 is 5.91 Å². The Balaban J connectivity index is 1.61. The number of rotatable bonds is 4. The zero-order valence-corrected chi connectivity index (χ0v) is 14.0. The molecule has 1 heterocycles. The van der Waals surface area contributed by atoms with E-state index < -0.39 is 5.91 Å². The molecule has 1 aromatic heterocycles. The number of amides is 1. The first-order chi connectivity index (χ1) is 11.5. The zero-order chi connectivity index (χ0) is 16.9. The lowest BCUT2D eigenvalue weighted by Crippen LogP contribution is -2.50. The van der Waals surface area contributed by atoms with Crippen molar-refractivity contribution < 1.29 is 9.90 Å². The molecular formula is C18H25N3O3. The van der Waals surface area contributed by atoms with E-state index in [0.29, 0.717) is 0 Å². The molecule has 3 N–H and O–H groups in total. The van der Waals surface area contributed by atoms with Crippen LogP contribution in [0.3, 0.4) is 0 Å². The van der Waals surface area contributed by atoms with Gasteiger partial charge in [-0.25, -0.2) is 4.98 Å². The third-order valence-corrected chi connectivity index (χ3v) is 6.24. The van der Waals surface area contributed by atoms with Gasteiger partial charge < -0.3 is 15.4 Å². The molecule has 4 fully saturated rings. The Hall–Kier alpha value is -1.69. The molecule has 0 spiro atoms. The first kappa shape index (κ1) is 15.8. The van der Waals surface area contributed by atoms with E-state index in [1.54, 1.807) is 6.92 Å². The molecule has 0 unspecified atom stereocenters. The number of carbonyl (C=O) groups excluding carboxylic acids is 1.